The van der Waals surface area contributed by atoms with Gasteiger partial charge in [-0.2, -0.15) is 0 Å². The predicted octanol–water partition coefficient (Wildman–Crippen LogP) is 7.63. The van der Waals surface area contributed by atoms with Crippen molar-refractivity contribution in [3.8, 4) is 39.1 Å². The maximum absolute atomic E-state index is 10.3. The van der Waals surface area contributed by atoms with Crippen LogP contribution in [0.1, 0.15) is 5.82 Å². The zero-order valence-corrected chi connectivity index (χ0v) is 26.0. The molecule has 1 heterocycles. The SMILES string of the molecule is [B]C(O)(O)C([B])([B])c1nc2ccccc2n1-c1cccc(-c2cccc(-c3c4ccccc4c(-c4ccccc4)c4ccccc34)c2)c1. The van der Waals surface area contributed by atoms with Gasteiger partial charge in [0.15, 0.2) is 7.85 Å². The first-order chi connectivity index (χ1) is 23.2. The second-order valence-electron chi connectivity index (χ2n) is 12.2. The molecule has 0 aliphatic heterocycles. The van der Waals surface area contributed by atoms with Crippen LogP contribution in [0.3, 0.4) is 0 Å². The second-order valence-corrected chi connectivity index (χ2v) is 12.2. The van der Waals surface area contributed by atoms with Crippen LogP contribution in [0, 0.1) is 0 Å². The topological polar surface area (TPSA) is 58.3 Å². The average molecular weight is 612 g/mol. The lowest BCUT2D eigenvalue weighted by Gasteiger charge is -2.37. The van der Waals surface area contributed by atoms with Gasteiger partial charge in [0.05, 0.1) is 26.7 Å². The lowest BCUT2D eigenvalue weighted by atomic mass is 9.45. The van der Waals surface area contributed by atoms with E-state index in [0.29, 0.717) is 16.7 Å². The molecule has 8 rings (SSSR count). The van der Waals surface area contributed by atoms with E-state index in [9.17, 15) is 10.2 Å². The summed E-state index contributed by atoms with van der Waals surface area (Å²) in [5.41, 5.74) is 5.65. The molecule has 2 N–H and O–H groups in total. The molecule has 1 aromatic heterocycles. The summed E-state index contributed by atoms with van der Waals surface area (Å²) >= 11 is 0. The number of fused-ring (bicyclic) bond motifs is 3. The fraction of sp³-hybridized carbons (Fsp3) is 0.0488. The maximum atomic E-state index is 10.3. The molecule has 6 radical (unpaired) electrons. The molecule has 0 spiro atoms. The minimum atomic E-state index is -2.93. The van der Waals surface area contributed by atoms with Crippen molar-refractivity contribution < 1.29 is 10.2 Å². The molecule has 48 heavy (non-hydrogen) atoms. The van der Waals surface area contributed by atoms with Gasteiger partial charge in [-0.15, -0.1) is 0 Å². The highest BCUT2D eigenvalue weighted by Gasteiger charge is 2.41. The Kier molecular flexibility index (Phi) is 7.13. The van der Waals surface area contributed by atoms with Crippen LogP contribution < -0.4 is 0 Å². The minimum Gasteiger partial charge on any atom is -0.376 e. The number of hydrogen-bond donors (Lipinski definition) is 2. The molecule has 8 aromatic rings. The molecule has 0 aliphatic carbocycles. The van der Waals surface area contributed by atoms with Gasteiger partial charge >= 0.3 is 0 Å². The fourth-order valence-corrected chi connectivity index (χ4v) is 6.76. The number of rotatable bonds is 6. The van der Waals surface area contributed by atoms with E-state index in [2.05, 4.69) is 102 Å². The molecule has 0 aliphatic rings. The van der Waals surface area contributed by atoms with Crippen molar-refractivity contribution in [3.63, 3.8) is 0 Å². The molecular formula is C41H27B3N2O2. The molecule has 0 saturated heterocycles. The standard InChI is InChI=1S/C41H27B3N2O2/c42-40(43,41(44,47)48)39-45-35-22-8-9-23-36(35)46(39)30-17-11-15-28(25-30)27-14-10-16-29(24-27)38-33-20-6-4-18-31(33)37(26-12-2-1-3-13-26)32-19-5-7-21-34(32)38/h1-25,47-48H. The second kappa shape index (κ2) is 11.4. The summed E-state index contributed by atoms with van der Waals surface area (Å²) in [6.07, 6.45) is 0. The summed E-state index contributed by atoms with van der Waals surface area (Å²) in [5, 5.41) is 23.1. The molecule has 4 nitrogen and oxygen atoms in total. The normalized spacial score (nSPS) is 12.2. The molecule has 0 bridgehead atoms. The lowest BCUT2D eigenvalue weighted by molar-refractivity contribution is -0.100. The van der Waals surface area contributed by atoms with Crippen LogP contribution in [0.15, 0.2) is 152 Å². The third-order valence-electron chi connectivity index (χ3n) is 9.12. The zero-order valence-electron chi connectivity index (χ0n) is 26.0. The van der Waals surface area contributed by atoms with Crippen LogP contribution in [0.2, 0.25) is 0 Å². The number of aliphatic hydroxyl groups is 2. The van der Waals surface area contributed by atoms with Crippen molar-refractivity contribution in [2.24, 2.45) is 0 Å². The van der Waals surface area contributed by atoms with Crippen LogP contribution in [0.4, 0.5) is 0 Å². The Morgan fingerprint density at radius 3 is 1.58 bits per heavy atom. The van der Waals surface area contributed by atoms with E-state index in [1.807, 2.05) is 54.6 Å². The van der Waals surface area contributed by atoms with Crippen molar-refractivity contribution in [3.05, 3.63) is 157 Å². The Hall–Kier alpha value is -5.36. The molecule has 0 saturated carbocycles. The minimum absolute atomic E-state index is 0.0125. The Bertz CT molecular complexity index is 2430. The van der Waals surface area contributed by atoms with Crippen LogP contribution in [-0.2, 0) is 5.21 Å². The molecule has 0 amide bonds. The summed E-state index contributed by atoms with van der Waals surface area (Å²) in [6.45, 7) is 0. The third kappa shape index (κ3) is 4.86. The number of hydrogen-bond acceptors (Lipinski definition) is 3. The van der Waals surface area contributed by atoms with Gasteiger partial charge < -0.3 is 10.2 Å². The number of benzene rings is 7. The van der Waals surface area contributed by atoms with E-state index in [4.69, 9.17) is 23.5 Å². The smallest absolute Gasteiger partial charge is 0.152 e. The average Bonchev–Trinajstić information content (AvgIpc) is 3.51. The first kappa shape index (κ1) is 30.0. The molecule has 0 unspecified atom stereocenters. The Morgan fingerprint density at radius 2 is 0.958 bits per heavy atom. The number of imidazole rings is 1. The van der Waals surface area contributed by atoms with Crippen molar-refractivity contribution in [1.29, 1.82) is 0 Å². The largest absolute Gasteiger partial charge is 0.376 e. The van der Waals surface area contributed by atoms with E-state index in [-0.39, 0.29) is 5.82 Å². The summed E-state index contributed by atoms with van der Waals surface area (Å²) in [5.74, 6) is 0.0125. The molecular weight excluding hydrogens is 585 g/mol. The zero-order chi connectivity index (χ0) is 33.0. The monoisotopic (exact) mass is 612 g/mol. The quantitative estimate of drug-likeness (QED) is 0.115. The highest BCUT2D eigenvalue weighted by Crippen LogP contribution is 2.44. The van der Waals surface area contributed by atoms with Gasteiger partial charge in [0.25, 0.3) is 0 Å². The third-order valence-corrected chi connectivity index (χ3v) is 9.12. The van der Waals surface area contributed by atoms with Gasteiger partial charge in [0.2, 0.25) is 0 Å². The molecule has 222 valence electrons. The maximum Gasteiger partial charge on any atom is 0.152 e. The molecule has 0 atom stereocenters. The van der Waals surface area contributed by atoms with Gasteiger partial charge in [0.1, 0.15) is 11.5 Å². The molecule has 0 fully saturated rings. The van der Waals surface area contributed by atoms with Gasteiger partial charge in [-0.1, -0.05) is 121 Å². The Morgan fingerprint density at radius 1 is 0.479 bits per heavy atom. The van der Waals surface area contributed by atoms with Gasteiger partial charge in [-0.3, -0.25) is 4.57 Å². The first-order valence-electron chi connectivity index (χ1n) is 15.7. The van der Waals surface area contributed by atoms with Crippen molar-refractivity contribution in [1.82, 2.24) is 9.55 Å². The summed E-state index contributed by atoms with van der Waals surface area (Å²) in [7, 11) is 18.2. The molecule has 7 heteroatoms. The molecule has 7 aromatic carbocycles. The fourth-order valence-electron chi connectivity index (χ4n) is 6.76. The van der Waals surface area contributed by atoms with E-state index < -0.39 is 10.9 Å². The van der Waals surface area contributed by atoms with Gasteiger partial charge in [-0.05, 0) is 90.5 Å². The van der Waals surface area contributed by atoms with E-state index >= 15 is 0 Å². The number of para-hydroxylation sites is 2. The van der Waals surface area contributed by atoms with E-state index in [0.717, 1.165) is 16.7 Å². The van der Waals surface area contributed by atoms with Crippen LogP contribution >= 0.6 is 0 Å². The van der Waals surface area contributed by atoms with Gasteiger partial charge in [0, 0.05) is 5.69 Å². The summed E-state index contributed by atoms with van der Waals surface area (Å²) in [6, 6.07) is 51.6. The van der Waals surface area contributed by atoms with Crippen LogP contribution in [0.5, 0.6) is 0 Å². The Labute approximate surface area is 282 Å². The number of nitrogens with zero attached hydrogens (tertiary/aromatic N) is 2. The van der Waals surface area contributed by atoms with Crippen LogP contribution in [0.25, 0.3) is 71.6 Å². The van der Waals surface area contributed by atoms with E-state index in [1.54, 1.807) is 4.57 Å². The summed E-state index contributed by atoms with van der Waals surface area (Å²) < 4.78 is 1.72. The highest BCUT2D eigenvalue weighted by atomic mass is 16.5. The van der Waals surface area contributed by atoms with Crippen molar-refractivity contribution >= 4 is 56.1 Å². The Balaban J connectivity index is 1.32. The first-order valence-corrected chi connectivity index (χ1v) is 15.7. The highest BCUT2D eigenvalue weighted by molar-refractivity contribution is 6.44. The van der Waals surface area contributed by atoms with Crippen molar-refractivity contribution in [2.75, 3.05) is 0 Å². The predicted molar refractivity (Wildman–Crippen MR) is 198 cm³/mol. The summed E-state index contributed by atoms with van der Waals surface area (Å²) in [4.78, 5) is 4.58. The lowest BCUT2D eigenvalue weighted by Crippen LogP contribution is -2.54. The van der Waals surface area contributed by atoms with Crippen molar-refractivity contribution in [2.45, 2.75) is 10.9 Å². The van der Waals surface area contributed by atoms with Crippen LogP contribution in [-0.4, -0.2) is 49.0 Å². The van der Waals surface area contributed by atoms with Gasteiger partial charge in [-0.25, -0.2) is 4.98 Å². The number of aromatic nitrogens is 2. The van der Waals surface area contributed by atoms with E-state index in [1.165, 1.54) is 38.2 Å².